The highest BCUT2D eigenvalue weighted by Gasteiger charge is 1.88. The Morgan fingerprint density at radius 1 is 1.09 bits per heavy atom. The summed E-state index contributed by atoms with van der Waals surface area (Å²) in [5.41, 5.74) is 0. The lowest BCUT2D eigenvalue weighted by atomic mass is 10.2. The minimum Gasteiger partial charge on any atom is -0.359 e. The lowest BCUT2D eigenvalue weighted by molar-refractivity contribution is -0.0315. The van der Waals surface area contributed by atoms with Crippen molar-refractivity contribution in [3.05, 3.63) is 0 Å². The molecule has 0 amide bonds. The van der Waals surface area contributed by atoms with Crippen molar-refractivity contribution in [3.8, 4) is 0 Å². The van der Waals surface area contributed by atoms with E-state index >= 15 is 0 Å². The Morgan fingerprint density at radius 2 is 1.82 bits per heavy atom. The topological polar surface area (TPSA) is 18.5 Å². The molecule has 0 aliphatic rings. The van der Waals surface area contributed by atoms with Gasteiger partial charge in [0, 0.05) is 19.0 Å². The third kappa shape index (κ3) is 10.4. The van der Waals surface area contributed by atoms with Crippen LogP contribution in [0.25, 0.3) is 0 Å². The number of hydrogen-bond acceptors (Lipinski definition) is 2. The summed E-state index contributed by atoms with van der Waals surface area (Å²) in [5.74, 6) is 0. The largest absolute Gasteiger partial charge is 0.359 e. The van der Waals surface area contributed by atoms with Crippen molar-refractivity contribution < 1.29 is 9.47 Å². The van der Waals surface area contributed by atoms with Crippen LogP contribution < -0.4 is 0 Å². The summed E-state index contributed by atoms with van der Waals surface area (Å²) in [6.45, 7) is 1.26. The summed E-state index contributed by atoms with van der Waals surface area (Å²) in [5, 5.41) is 1.12. The fourth-order valence-electron chi connectivity index (χ4n) is 0.794. The molecule has 0 aliphatic heterocycles. The highest BCUT2D eigenvalue weighted by molar-refractivity contribution is 9.09. The van der Waals surface area contributed by atoms with Crippen LogP contribution in [-0.4, -0.2) is 25.8 Å². The van der Waals surface area contributed by atoms with E-state index < -0.39 is 0 Å². The monoisotopic (exact) mass is 224 g/mol. The first-order valence-corrected chi connectivity index (χ1v) is 5.16. The lowest BCUT2D eigenvalue weighted by Crippen LogP contribution is -1.98. The van der Waals surface area contributed by atoms with Crippen molar-refractivity contribution in [2.45, 2.75) is 25.7 Å². The molecule has 3 heteroatoms. The zero-order chi connectivity index (χ0) is 8.36. The smallest absolute Gasteiger partial charge is 0.146 e. The third-order valence-electron chi connectivity index (χ3n) is 1.37. The van der Waals surface area contributed by atoms with Crippen molar-refractivity contribution in [2.75, 3.05) is 25.8 Å². The second-order valence-electron chi connectivity index (χ2n) is 2.42. The molecule has 0 aromatic carbocycles. The second-order valence-corrected chi connectivity index (χ2v) is 3.21. The number of rotatable bonds is 8. The van der Waals surface area contributed by atoms with Crippen LogP contribution in [0.2, 0.25) is 0 Å². The van der Waals surface area contributed by atoms with Crippen LogP contribution in [0.5, 0.6) is 0 Å². The average molecular weight is 225 g/mol. The minimum atomic E-state index is 0.429. The summed E-state index contributed by atoms with van der Waals surface area (Å²) < 4.78 is 9.87. The fourth-order valence-corrected chi connectivity index (χ4v) is 1.19. The van der Waals surface area contributed by atoms with E-state index in [2.05, 4.69) is 15.9 Å². The molecule has 0 bridgehead atoms. The van der Waals surface area contributed by atoms with E-state index in [4.69, 9.17) is 9.47 Å². The molecular formula is C8H17BrO2. The van der Waals surface area contributed by atoms with Gasteiger partial charge in [-0.25, -0.2) is 0 Å². The van der Waals surface area contributed by atoms with Crippen molar-refractivity contribution in [3.63, 3.8) is 0 Å². The lowest BCUT2D eigenvalue weighted by Gasteiger charge is -2.01. The molecule has 0 radical (unpaired) electrons. The molecule has 0 spiro atoms. The Bertz CT molecular complexity index is 61.1. The first-order chi connectivity index (χ1) is 5.41. The molecule has 2 nitrogen and oxygen atoms in total. The molecule has 0 fully saturated rings. The van der Waals surface area contributed by atoms with E-state index in [9.17, 15) is 0 Å². The number of hydrogen-bond donors (Lipinski definition) is 0. The van der Waals surface area contributed by atoms with E-state index in [0.29, 0.717) is 6.79 Å². The van der Waals surface area contributed by atoms with Gasteiger partial charge in [-0.05, 0) is 12.8 Å². The third-order valence-corrected chi connectivity index (χ3v) is 1.93. The highest BCUT2D eigenvalue weighted by atomic mass is 79.9. The quantitative estimate of drug-likeness (QED) is 0.359. The molecule has 0 atom stereocenters. The molecule has 0 aromatic rings. The molecule has 68 valence electrons. The molecule has 0 heterocycles. The van der Waals surface area contributed by atoms with E-state index in [1.165, 1.54) is 19.3 Å². The predicted molar refractivity (Wildman–Crippen MR) is 50.1 cm³/mol. The number of ether oxygens (including phenoxy) is 2. The number of methoxy groups -OCH3 is 1. The molecule has 11 heavy (non-hydrogen) atoms. The minimum absolute atomic E-state index is 0.429. The Kier molecular flexibility index (Phi) is 10.8. The van der Waals surface area contributed by atoms with Gasteiger partial charge in [-0.3, -0.25) is 0 Å². The van der Waals surface area contributed by atoms with Crippen LogP contribution in [0.1, 0.15) is 25.7 Å². The standard InChI is InChI=1S/C8H17BrO2/c1-10-8-11-7-5-3-2-4-6-9/h2-8H2,1H3. The predicted octanol–water partition coefficient (Wildman–Crippen LogP) is 2.56. The summed E-state index contributed by atoms with van der Waals surface area (Å²) in [6, 6.07) is 0. The highest BCUT2D eigenvalue weighted by Crippen LogP contribution is 2.01. The average Bonchev–Trinajstić information content (AvgIpc) is 2.03. The van der Waals surface area contributed by atoms with Gasteiger partial charge in [0.1, 0.15) is 6.79 Å². The van der Waals surface area contributed by atoms with Crippen LogP contribution in [0.15, 0.2) is 0 Å². The zero-order valence-corrected chi connectivity index (χ0v) is 8.73. The summed E-state index contributed by atoms with van der Waals surface area (Å²) in [7, 11) is 1.64. The molecular weight excluding hydrogens is 208 g/mol. The Morgan fingerprint density at radius 3 is 2.45 bits per heavy atom. The van der Waals surface area contributed by atoms with Gasteiger partial charge in [-0.1, -0.05) is 28.8 Å². The molecule has 0 unspecified atom stereocenters. The molecule has 0 aromatic heterocycles. The van der Waals surface area contributed by atoms with Crippen LogP contribution in [-0.2, 0) is 9.47 Å². The van der Waals surface area contributed by atoms with Gasteiger partial charge >= 0.3 is 0 Å². The number of unbranched alkanes of at least 4 members (excludes halogenated alkanes) is 3. The first kappa shape index (κ1) is 11.4. The van der Waals surface area contributed by atoms with Crippen LogP contribution in [0, 0.1) is 0 Å². The van der Waals surface area contributed by atoms with Crippen LogP contribution in [0.3, 0.4) is 0 Å². The summed E-state index contributed by atoms with van der Waals surface area (Å²) in [4.78, 5) is 0. The Labute approximate surface area is 77.4 Å². The van der Waals surface area contributed by atoms with E-state index in [1.807, 2.05) is 0 Å². The van der Waals surface area contributed by atoms with E-state index in [0.717, 1.165) is 18.4 Å². The zero-order valence-electron chi connectivity index (χ0n) is 7.14. The van der Waals surface area contributed by atoms with Crippen LogP contribution in [0.4, 0.5) is 0 Å². The van der Waals surface area contributed by atoms with Crippen molar-refractivity contribution >= 4 is 15.9 Å². The molecule has 0 saturated carbocycles. The Balaban J connectivity index is 2.69. The van der Waals surface area contributed by atoms with Gasteiger partial charge in [-0.2, -0.15) is 0 Å². The van der Waals surface area contributed by atoms with Gasteiger partial charge in [0.25, 0.3) is 0 Å². The van der Waals surface area contributed by atoms with Gasteiger partial charge in [0.05, 0.1) is 0 Å². The summed E-state index contributed by atoms with van der Waals surface area (Å²) in [6.07, 6.45) is 4.97. The normalized spacial score (nSPS) is 10.4. The molecule has 0 saturated heterocycles. The maximum Gasteiger partial charge on any atom is 0.146 e. The maximum atomic E-state index is 5.13. The number of alkyl halides is 1. The molecule has 0 N–H and O–H groups in total. The van der Waals surface area contributed by atoms with Gasteiger partial charge < -0.3 is 9.47 Å². The SMILES string of the molecule is COCOCCCCCCBr. The molecule has 0 rings (SSSR count). The second kappa shape index (κ2) is 10.4. The number of halogens is 1. The first-order valence-electron chi connectivity index (χ1n) is 4.04. The molecule has 0 aliphatic carbocycles. The van der Waals surface area contributed by atoms with Gasteiger partial charge in [0.15, 0.2) is 0 Å². The van der Waals surface area contributed by atoms with Crippen molar-refractivity contribution in [1.29, 1.82) is 0 Å². The van der Waals surface area contributed by atoms with E-state index in [-0.39, 0.29) is 0 Å². The van der Waals surface area contributed by atoms with Gasteiger partial charge in [-0.15, -0.1) is 0 Å². The van der Waals surface area contributed by atoms with E-state index in [1.54, 1.807) is 7.11 Å². The van der Waals surface area contributed by atoms with Crippen molar-refractivity contribution in [2.24, 2.45) is 0 Å². The van der Waals surface area contributed by atoms with Crippen molar-refractivity contribution in [1.82, 2.24) is 0 Å². The van der Waals surface area contributed by atoms with Crippen LogP contribution >= 0.6 is 15.9 Å². The Hall–Kier alpha value is 0.400. The summed E-state index contributed by atoms with van der Waals surface area (Å²) >= 11 is 3.39. The maximum absolute atomic E-state index is 5.13. The fraction of sp³-hybridized carbons (Fsp3) is 1.00. The van der Waals surface area contributed by atoms with Gasteiger partial charge in [0.2, 0.25) is 0 Å².